The average Bonchev–Trinajstić information content (AvgIpc) is 2.28. The molecular weight excluding hydrogens is 275 g/mol. The van der Waals surface area contributed by atoms with Crippen LogP contribution in [0.25, 0.3) is 0 Å². The summed E-state index contributed by atoms with van der Waals surface area (Å²) in [6.07, 6.45) is 0. The number of amides is 1. The molecule has 5 heteroatoms. The molecule has 0 saturated carbocycles. The summed E-state index contributed by atoms with van der Waals surface area (Å²) in [6.45, 7) is 2.85. The van der Waals surface area contributed by atoms with Crippen LogP contribution in [0.2, 0.25) is 0 Å². The number of halogens is 2. The first kappa shape index (κ1) is 13.1. The number of carbonyl (C=O) groups is 1. The Hall–Kier alpha value is -0.940. The van der Waals surface area contributed by atoms with Crippen molar-refractivity contribution in [2.24, 2.45) is 11.7 Å². The summed E-state index contributed by atoms with van der Waals surface area (Å²) in [5.74, 6) is -0.764. The molecular formula is C11H14BrFN2O. The van der Waals surface area contributed by atoms with Crippen molar-refractivity contribution >= 4 is 21.8 Å². The molecule has 0 radical (unpaired) electrons. The van der Waals surface area contributed by atoms with Gasteiger partial charge in [0, 0.05) is 11.0 Å². The highest BCUT2D eigenvalue weighted by atomic mass is 79.9. The highest BCUT2D eigenvalue weighted by Crippen LogP contribution is 2.15. The van der Waals surface area contributed by atoms with Crippen LogP contribution in [0, 0.1) is 11.7 Å². The Morgan fingerprint density at radius 1 is 1.62 bits per heavy atom. The van der Waals surface area contributed by atoms with Crippen molar-refractivity contribution in [2.45, 2.75) is 6.92 Å². The lowest BCUT2D eigenvalue weighted by atomic mass is 10.1. The second-order valence-electron chi connectivity index (χ2n) is 3.68. The molecule has 3 nitrogen and oxygen atoms in total. The van der Waals surface area contributed by atoms with E-state index in [4.69, 9.17) is 5.73 Å². The minimum Gasteiger partial charge on any atom is -0.352 e. The van der Waals surface area contributed by atoms with Crippen molar-refractivity contribution < 1.29 is 9.18 Å². The fourth-order valence-electron chi connectivity index (χ4n) is 1.12. The van der Waals surface area contributed by atoms with Gasteiger partial charge in [-0.3, -0.25) is 4.79 Å². The molecule has 16 heavy (non-hydrogen) atoms. The van der Waals surface area contributed by atoms with Gasteiger partial charge in [-0.05, 0) is 30.7 Å². The molecule has 0 saturated heterocycles. The maximum atomic E-state index is 13.3. The maximum absolute atomic E-state index is 13.3. The number of hydrogen-bond donors (Lipinski definition) is 2. The van der Waals surface area contributed by atoms with E-state index in [0.717, 1.165) is 0 Å². The lowest BCUT2D eigenvalue weighted by Crippen LogP contribution is -2.31. The smallest absolute Gasteiger partial charge is 0.254 e. The topological polar surface area (TPSA) is 55.1 Å². The van der Waals surface area contributed by atoms with Crippen molar-refractivity contribution in [3.63, 3.8) is 0 Å². The number of rotatable bonds is 4. The molecule has 0 bridgehead atoms. The summed E-state index contributed by atoms with van der Waals surface area (Å²) in [5.41, 5.74) is 5.46. The molecule has 0 aliphatic heterocycles. The Morgan fingerprint density at radius 2 is 2.31 bits per heavy atom. The predicted molar refractivity (Wildman–Crippen MR) is 64.7 cm³/mol. The summed E-state index contributed by atoms with van der Waals surface area (Å²) in [5, 5.41) is 2.64. The second kappa shape index (κ2) is 5.96. The third kappa shape index (κ3) is 3.57. The van der Waals surface area contributed by atoms with Crippen LogP contribution in [0.4, 0.5) is 4.39 Å². The lowest BCUT2D eigenvalue weighted by molar-refractivity contribution is 0.0944. The molecule has 0 aliphatic rings. The minimum atomic E-state index is -0.527. The molecule has 0 spiro atoms. The van der Waals surface area contributed by atoms with E-state index in [-0.39, 0.29) is 11.5 Å². The van der Waals surface area contributed by atoms with Crippen LogP contribution in [-0.2, 0) is 0 Å². The lowest BCUT2D eigenvalue weighted by Gasteiger charge is -2.10. The normalized spacial score (nSPS) is 12.2. The molecule has 1 unspecified atom stereocenters. The van der Waals surface area contributed by atoms with Crippen LogP contribution in [0.1, 0.15) is 17.3 Å². The third-order valence-corrected chi connectivity index (χ3v) is 2.68. The van der Waals surface area contributed by atoms with E-state index < -0.39 is 11.7 Å². The predicted octanol–water partition coefficient (Wildman–Crippen LogP) is 1.91. The van der Waals surface area contributed by atoms with E-state index in [1.807, 2.05) is 6.92 Å². The van der Waals surface area contributed by atoms with Crippen LogP contribution in [-0.4, -0.2) is 19.0 Å². The molecule has 1 rings (SSSR count). The zero-order chi connectivity index (χ0) is 12.1. The average molecular weight is 289 g/mol. The fourth-order valence-corrected chi connectivity index (χ4v) is 1.48. The third-order valence-electron chi connectivity index (χ3n) is 2.19. The van der Waals surface area contributed by atoms with Crippen LogP contribution in [0.5, 0.6) is 0 Å². The number of benzene rings is 1. The zero-order valence-electron chi connectivity index (χ0n) is 8.97. The Bertz CT molecular complexity index is 384. The molecule has 3 N–H and O–H groups in total. The van der Waals surface area contributed by atoms with E-state index in [9.17, 15) is 9.18 Å². The molecule has 0 aliphatic carbocycles. The molecule has 0 heterocycles. The van der Waals surface area contributed by atoms with Crippen LogP contribution < -0.4 is 11.1 Å². The Kier molecular flexibility index (Phi) is 4.89. The van der Waals surface area contributed by atoms with Gasteiger partial charge >= 0.3 is 0 Å². The molecule has 1 atom stereocenters. The van der Waals surface area contributed by atoms with Gasteiger partial charge in [0.15, 0.2) is 0 Å². The number of carbonyl (C=O) groups excluding carboxylic acids is 1. The van der Waals surface area contributed by atoms with Crippen LogP contribution in [0.15, 0.2) is 22.7 Å². The first-order chi connectivity index (χ1) is 7.54. The minimum absolute atomic E-state index is 0.0404. The SMILES string of the molecule is CC(CN)CNC(=O)c1cc(Br)ccc1F. The van der Waals surface area contributed by atoms with E-state index in [0.29, 0.717) is 17.6 Å². The Labute approximate surface area is 102 Å². The largest absolute Gasteiger partial charge is 0.352 e. The summed E-state index contributed by atoms with van der Waals surface area (Å²) < 4.78 is 14.0. The van der Waals surface area contributed by atoms with Gasteiger partial charge in [0.05, 0.1) is 5.56 Å². The van der Waals surface area contributed by atoms with Gasteiger partial charge in [0.2, 0.25) is 0 Å². The first-order valence-electron chi connectivity index (χ1n) is 4.98. The van der Waals surface area contributed by atoms with Gasteiger partial charge in [-0.25, -0.2) is 4.39 Å². The summed E-state index contributed by atoms with van der Waals surface area (Å²) >= 11 is 3.19. The van der Waals surface area contributed by atoms with Crippen molar-refractivity contribution in [3.05, 3.63) is 34.1 Å². The monoisotopic (exact) mass is 288 g/mol. The molecule has 0 aromatic heterocycles. The summed E-state index contributed by atoms with van der Waals surface area (Å²) in [4.78, 5) is 11.6. The Morgan fingerprint density at radius 3 is 2.94 bits per heavy atom. The maximum Gasteiger partial charge on any atom is 0.254 e. The molecule has 88 valence electrons. The van der Waals surface area contributed by atoms with Crippen molar-refractivity contribution in [1.29, 1.82) is 0 Å². The highest BCUT2D eigenvalue weighted by Gasteiger charge is 2.12. The molecule has 1 amide bonds. The quantitative estimate of drug-likeness (QED) is 0.889. The number of nitrogens with one attached hydrogen (secondary N) is 1. The summed E-state index contributed by atoms with van der Waals surface area (Å²) in [6, 6.07) is 4.26. The van der Waals surface area contributed by atoms with Crippen LogP contribution >= 0.6 is 15.9 Å². The molecule has 1 aromatic carbocycles. The standard InChI is InChI=1S/C11H14BrFN2O/c1-7(5-14)6-15-11(16)9-4-8(12)2-3-10(9)13/h2-4,7H,5-6,14H2,1H3,(H,15,16). The van der Waals surface area contributed by atoms with E-state index >= 15 is 0 Å². The van der Waals surface area contributed by atoms with E-state index in [1.165, 1.54) is 12.1 Å². The summed E-state index contributed by atoms with van der Waals surface area (Å²) in [7, 11) is 0. The van der Waals surface area contributed by atoms with E-state index in [2.05, 4.69) is 21.2 Å². The van der Waals surface area contributed by atoms with E-state index in [1.54, 1.807) is 6.07 Å². The zero-order valence-corrected chi connectivity index (χ0v) is 10.6. The van der Waals surface area contributed by atoms with Gasteiger partial charge in [-0.2, -0.15) is 0 Å². The van der Waals surface area contributed by atoms with Gasteiger partial charge in [-0.15, -0.1) is 0 Å². The highest BCUT2D eigenvalue weighted by molar-refractivity contribution is 9.10. The van der Waals surface area contributed by atoms with Crippen molar-refractivity contribution in [1.82, 2.24) is 5.32 Å². The van der Waals surface area contributed by atoms with Crippen molar-refractivity contribution in [2.75, 3.05) is 13.1 Å². The number of hydrogen-bond acceptors (Lipinski definition) is 2. The molecule has 1 aromatic rings. The Balaban J connectivity index is 2.69. The second-order valence-corrected chi connectivity index (χ2v) is 4.59. The van der Waals surface area contributed by atoms with Crippen molar-refractivity contribution in [3.8, 4) is 0 Å². The van der Waals surface area contributed by atoms with Crippen LogP contribution in [0.3, 0.4) is 0 Å². The fraction of sp³-hybridized carbons (Fsp3) is 0.364. The number of nitrogens with two attached hydrogens (primary N) is 1. The molecule has 0 fully saturated rings. The van der Waals surface area contributed by atoms with Gasteiger partial charge in [-0.1, -0.05) is 22.9 Å². The van der Waals surface area contributed by atoms with Gasteiger partial charge in [0.1, 0.15) is 5.82 Å². The van der Waals surface area contributed by atoms with Gasteiger partial charge in [0.25, 0.3) is 5.91 Å². The first-order valence-corrected chi connectivity index (χ1v) is 5.77. The van der Waals surface area contributed by atoms with Gasteiger partial charge < -0.3 is 11.1 Å².